The van der Waals surface area contributed by atoms with Crippen molar-refractivity contribution < 1.29 is 0 Å². The number of hydrogen-bond donors (Lipinski definition) is 1. The highest BCUT2D eigenvalue weighted by atomic mass is 15.4. The lowest BCUT2D eigenvalue weighted by molar-refractivity contribution is 0.424. The maximum atomic E-state index is 5.85. The number of aromatic nitrogens is 4. The van der Waals surface area contributed by atoms with E-state index < -0.39 is 0 Å². The molecule has 0 aliphatic heterocycles. The summed E-state index contributed by atoms with van der Waals surface area (Å²) in [5.41, 5.74) is 8.78. The maximum Gasteiger partial charge on any atom is 0.240 e. The van der Waals surface area contributed by atoms with E-state index in [1.54, 1.807) is 6.20 Å². The highest BCUT2D eigenvalue weighted by Gasteiger charge is 2.21. The summed E-state index contributed by atoms with van der Waals surface area (Å²) in [6, 6.07) is 8.72. The van der Waals surface area contributed by atoms with Gasteiger partial charge in [-0.3, -0.25) is 4.98 Å². The molecule has 1 saturated carbocycles. The van der Waals surface area contributed by atoms with Crippen molar-refractivity contribution in [1.29, 1.82) is 0 Å². The van der Waals surface area contributed by atoms with Crippen molar-refractivity contribution in [3.8, 4) is 11.1 Å². The van der Waals surface area contributed by atoms with Gasteiger partial charge in [0.1, 0.15) is 5.82 Å². The van der Waals surface area contributed by atoms with Gasteiger partial charge in [-0.05, 0) is 36.6 Å². The molecule has 6 heteroatoms. The first kappa shape index (κ1) is 14.9. The molecule has 0 radical (unpaired) electrons. The van der Waals surface area contributed by atoms with Crippen LogP contribution >= 0.6 is 0 Å². The third-order valence-electron chi connectivity index (χ3n) is 4.91. The van der Waals surface area contributed by atoms with Crippen molar-refractivity contribution in [2.45, 2.75) is 38.1 Å². The highest BCUT2D eigenvalue weighted by Crippen LogP contribution is 2.30. The van der Waals surface area contributed by atoms with Gasteiger partial charge in [-0.25, -0.2) is 0 Å². The molecule has 3 aromatic heterocycles. The average molecular weight is 322 g/mol. The monoisotopic (exact) mass is 322 g/mol. The maximum absolute atomic E-state index is 5.85. The van der Waals surface area contributed by atoms with Crippen LogP contribution in [-0.2, 0) is 0 Å². The molecule has 0 unspecified atom stereocenters. The van der Waals surface area contributed by atoms with Gasteiger partial charge in [0.25, 0.3) is 0 Å². The zero-order valence-electron chi connectivity index (χ0n) is 13.9. The van der Waals surface area contributed by atoms with Crippen LogP contribution in [0.5, 0.6) is 0 Å². The number of nitrogens with two attached hydrogens (primary N) is 1. The molecule has 0 spiro atoms. The normalized spacial score (nSPS) is 15.7. The van der Waals surface area contributed by atoms with Crippen LogP contribution in [0.15, 0.2) is 36.7 Å². The largest absolute Gasteiger partial charge is 0.366 e. The summed E-state index contributed by atoms with van der Waals surface area (Å²) in [4.78, 5) is 10.9. The fourth-order valence-corrected chi connectivity index (χ4v) is 3.59. The fourth-order valence-electron chi connectivity index (χ4n) is 3.59. The fraction of sp³-hybridized carbons (Fsp3) is 0.389. The topological polar surface area (TPSA) is 72.3 Å². The summed E-state index contributed by atoms with van der Waals surface area (Å²) in [5.74, 6) is 1.33. The summed E-state index contributed by atoms with van der Waals surface area (Å²) in [5, 5.41) is 4.39. The molecule has 1 fully saturated rings. The van der Waals surface area contributed by atoms with Gasteiger partial charge in [0.15, 0.2) is 5.65 Å². The van der Waals surface area contributed by atoms with Crippen LogP contribution in [0, 0.1) is 0 Å². The Bertz CT molecular complexity index is 835. The minimum Gasteiger partial charge on any atom is -0.366 e. The quantitative estimate of drug-likeness (QED) is 0.802. The summed E-state index contributed by atoms with van der Waals surface area (Å²) < 4.78 is 1.85. The smallest absolute Gasteiger partial charge is 0.240 e. The number of fused-ring (bicyclic) bond motifs is 1. The zero-order chi connectivity index (χ0) is 16.5. The summed E-state index contributed by atoms with van der Waals surface area (Å²) in [6.07, 6.45) is 10.0. The molecule has 0 bridgehead atoms. The molecule has 0 saturated heterocycles. The van der Waals surface area contributed by atoms with E-state index in [4.69, 9.17) is 5.73 Å². The molecule has 0 aromatic carbocycles. The molecule has 1 aliphatic carbocycles. The molecule has 0 amide bonds. The van der Waals surface area contributed by atoms with Gasteiger partial charge in [-0.15, -0.1) is 5.10 Å². The Kier molecular flexibility index (Phi) is 3.80. The second-order valence-electron chi connectivity index (χ2n) is 6.49. The molecule has 6 nitrogen and oxygen atoms in total. The Morgan fingerprint density at radius 3 is 2.75 bits per heavy atom. The Morgan fingerprint density at radius 2 is 2.00 bits per heavy atom. The van der Waals surface area contributed by atoms with Gasteiger partial charge in [0.2, 0.25) is 5.95 Å². The van der Waals surface area contributed by atoms with Gasteiger partial charge in [-0.2, -0.15) is 9.50 Å². The first-order valence-corrected chi connectivity index (χ1v) is 8.52. The average Bonchev–Trinajstić information content (AvgIpc) is 3.02. The van der Waals surface area contributed by atoms with Gasteiger partial charge >= 0.3 is 0 Å². The van der Waals surface area contributed by atoms with E-state index in [0.29, 0.717) is 12.0 Å². The Labute approximate surface area is 141 Å². The first-order valence-electron chi connectivity index (χ1n) is 8.52. The standard InChI is InChI=1S/C18H22N6/c1-23(15-7-3-2-4-8-15)17-11-14(13-6-5-9-20-12-13)10-16-21-18(19)22-24(16)17/h5-6,9-12,15H,2-4,7-8H2,1H3,(H2,19,22). The third kappa shape index (κ3) is 2.68. The summed E-state index contributed by atoms with van der Waals surface area (Å²) in [7, 11) is 2.15. The minimum absolute atomic E-state index is 0.302. The van der Waals surface area contributed by atoms with E-state index in [2.05, 4.69) is 39.1 Å². The molecule has 2 N–H and O–H groups in total. The van der Waals surface area contributed by atoms with Crippen LogP contribution in [0.25, 0.3) is 16.8 Å². The molecular formula is C18H22N6. The van der Waals surface area contributed by atoms with Crippen LogP contribution in [-0.4, -0.2) is 32.7 Å². The van der Waals surface area contributed by atoms with Crippen molar-refractivity contribution in [2.24, 2.45) is 0 Å². The lowest BCUT2D eigenvalue weighted by Crippen LogP contribution is -2.34. The molecule has 24 heavy (non-hydrogen) atoms. The second-order valence-corrected chi connectivity index (χ2v) is 6.49. The molecule has 0 atom stereocenters. The van der Waals surface area contributed by atoms with Crippen LogP contribution in [0.4, 0.5) is 11.8 Å². The predicted octanol–water partition coefficient (Wildman–Crippen LogP) is 3.14. The molecule has 124 valence electrons. The van der Waals surface area contributed by atoms with Gasteiger partial charge in [0.05, 0.1) is 0 Å². The number of anilines is 2. The SMILES string of the molecule is CN(c1cc(-c2cccnc2)cc2nc(N)nn12)C1CCCCC1. The number of rotatable bonds is 3. The highest BCUT2D eigenvalue weighted by molar-refractivity contribution is 5.71. The number of pyridine rings is 2. The van der Waals surface area contributed by atoms with E-state index in [9.17, 15) is 0 Å². The van der Waals surface area contributed by atoms with Crippen LogP contribution in [0.2, 0.25) is 0 Å². The van der Waals surface area contributed by atoms with E-state index in [1.807, 2.05) is 22.8 Å². The van der Waals surface area contributed by atoms with E-state index >= 15 is 0 Å². The molecule has 1 aliphatic rings. The van der Waals surface area contributed by atoms with Crippen LogP contribution in [0.1, 0.15) is 32.1 Å². The molecular weight excluding hydrogens is 300 g/mol. The lowest BCUT2D eigenvalue weighted by Gasteiger charge is -2.33. The summed E-state index contributed by atoms with van der Waals surface area (Å²) >= 11 is 0. The Balaban J connectivity index is 1.83. The Hall–Kier alpha value is -2.63. The number of hydrogen-bond acceptors (Lipinski definition) is 5. The second kappa shape index (κ2) is 6.11. The number of nitrogens with zero attached hydrogens (tertiary/aromatic N) is 5. The minimum atomic E-state index is 0.302. The molecule has 3 heterocycles. The van der Waals surface area contributed by atoms with E-state index in [1.165, 1.54) is 32.1 Å². The van der Waals surface area contributed by atoms with E-state index in [-0.39, 0.29) is 0 Å². The van der Waals surface area contributed by atoms with Gasteiger partial charge < -0.3 is 10.6 Å². The van der Waals surface area contributed by atoms with Crippen LogP contribution in [0.3, 0.4) is 0 Å². The molecule has 4 rings (SSSR count). The zero-order valence-corrected chi connectivity index (χ0v) is 13.9. The third-order valence-corrected chi connectivity index (χ3v) is 4.91. The van der Waals surface area contributed by atoms with Gasteiger partial charge in [-0.1, -0.05) is 25.3 Å². The van der Waals surface area contributed by atoms with Crippen LogP contribution < -0.4 is 10.6 Å². The molecule has 3 aromatic rings. The van der Waals surface area contributed by atoms with Crippen molar-refractivity contribution in [1.82, 2.24) is 19.6 Å². The number of nitrogen functional groups attached to an aromatic ring is 1. The van der Waals surface area contributed by atoms with Crippen molar-refractivity contribution >= 4 is 17.4 Å². The Morgan fingerprint density at radius 1 is 1.17 bits per heavy atom. The van der Waals surface area contributed by atoms with Crippen molar-refractivity contribution in [3.63, 3.8) is 0 Å². The van der Waals surface area contributed by atoms with Crippen molar-refractivity contribution in [3.05, 3.63) is 36.7 Å². The predicted molar refractivity (Wildman–Crippen MR) is 95.9 cm³/mol. The summed E-state index contributed by atoms with van der Waals surface area (Å²) in [6.45, 7) is 0. The van der Waals surface area contributed by atoms with Crippen molar-refractivity contribution in [2.75, 3.05) is 17.7 Å². The van der Waals surface area contributed by atoms with E-state index in [0.717, 1.165) is 22.6 Å². The first-order chi connectivity index (χ1) is 11.7. The van der Waals surface area contributed by atoms with Gasteiger partial charge in [0, 0.05) is 31.0 Å². The lowest BCUT2D eigenvalue weighted by atomic mass is 9.94.